The molecular weight excluding hydrogens is 389 g/mol. The number of halogens is 3. The molecule has 0 radical (unpaired) electrons. The van der Waals surface area contributed by atoms with Gasteiger partial charge >= 0.3 is 6.18 Å². The Hall–Kier alpha value is -2.87. The molecule has 0 aliphatic rings. The molecule has 0 saturated carbocycles. The third-order valence-electron chi connectivity index (χ3n) is 3.83. The summed E-state index contributed by atoms with van der Waals surface area (Å²) in [6.45, 7) is 2.42. The van der Waals surface area contributed by atoms with Crippen LogP contribution >= 0.6 is 11.3 Å². The Morgan fingerprint density at radius 3 is 2.61 bits per heavy atom. The van der Waals surface area contributed by atoms with E-state index in [9.17, 15) is 18.0 Å². The van der Waals surface area contributed by atoms with Crippen LogP contribution < -0.4 is 10.1 Å². The van der Waals surface area contributed by atoms with Gasteiger partial charge in [-0.2, -0.15) is 13.2 Å². The number of nitrogens with zero attached hydrogens (tertiary/aromatic N) is 1. The van der Waals surface area contributed by atoms with Crippen LogP contribution in [0.4, 0.5) is 18.3 Å². The van der Waals surface area contributed by atoms with Crippen molar-refractivity contribution in [1.82, 2.24) is 4.98 Å². The van der Waals surface area contributed by atoms with Gasteiger partial charge in [-0.3, -0.25) is 10.1 Å². The summed E-state index contributed by atoms with van der Waals surface area (Å²) >= 11 is 1.23. The Balaban J connectivity index is 1.65. The fraction of sp³-hybridized carbons (Fsp3) is 0.200. The Bertz CT molecular complexity index is 953. The van der Waals surface area contributed by atoms with Crippen LogP contribution in [-0.2, 0) is 12.6 Å². The molecule has 0 aliphatic heterocycles. The highest BCUT2D eigenvalue weighted by atomic mass is 32.1. The predicted octanol–water partition coefficient (Wildman–Crippen LogP) is 5.40. The average Bonchev–Trinajstić information content (AvgIpc) is 3.09. The fourth-order valence-electron chi connectivity index (χ4n) is 2.54. The summed E-state index contributed by atoms with van der Waals surface area (Å²) in [5.74, 6) is 0.361. The van der Waals surface area contributed by atoms with E-state index in [0.717, 1.165) is 17.0 Å². The van der Waals surface area contributed by atoms with Gasteiger partial charge in [-0.15, -0.1) is 11.3 Å². The summed E-state index contributed by atoms with van der Waals surface area (Å²) in [5.41, 5.74) is 0.305. The number of nitrogens with one attached hydrogen (secondary N) is 1. The number of thiazole rings is 1. The summed E-state index contributed by atoms with van der Waals surface area (Å²) < 4.78 is 43.8. The van der Waals surface area contributed by atoms with Gasteiger partial charge in [-0.05, 0) is 42.8 Å². The van der Waals surface area contributed by atoms with Crippen LogP contribution in [0.25, 0.3) is 0 Å². The molecule has 1 amide bonds. The van der Waals surface area contributed by atoms with E-state index < -0.39 is 11.7 Å². The number of hydrogen-bond acceptors (Lipinski definition) is 4. The lowest BCUT2D eigenvalue weighted by Gasteiger charge is -2.07. The maximum absolute atomic E-state index is 12.8. The smallest absolute Gasteiger partial charge is 0.416 e. The van der Waals surface area contributed by atoms with E-state index in [0.29, 0.717) is 35.0 Å². The molecule has 3 aromatic rings. The van der Waals surface area contributed by atoms with Gasteiger partial charge in [0.15, 0.2) is 5.13 Å². The highest BCUT2D eigenvalue weighted by molar-refractivity contribution is 7.15. The molecule has 3 rings (SSSR count). The second-order valence-electron chi connectivity index (χ2n) is 5.92. The van der Waals surface area contributed by atoms with E-state index in [1.807, 2.05) is 6.92 Å². The SMILES string of the molecule is CCOc1ccc(C(=O)Nc2ncc(Cc3cccc(C(F)(F)F)c3)s2)cc1. The Morgan fingerprint density at radius 1 is 1.18 bits per heavy atom. The van der Waals surface area contributed by atoms with Crippen molar-refractivity contribution in [3.8, 4) is 5.75 Å². The van der Waals surface area contributed by atoms with Gasteiger partial charge in [0.1, 0.15) is 5.75 Å². The zero-order valence-corrected chi connectivity index (χ0v) is 15.7. The summed E-state index contributed by atoms with van der Waals surface area (Å²) in [5, 5.41) is 3.09. The minimum Gasteiger partial charge on any atom is -0.494 e. The van der Waals surface area contributed by atoms with E-state index >= 15 is 0 Å². The van der Waals surface area contributed by atoms with Crippen molar-refractivity contribution < 1.29 is 22.7 Å². The molecule has 0 unspecified atom stereocenters. The molecule has 146 valence electrons. The van der Waals surface area contributed by atoms with E-state index in [-0.39, 0.29) is 5.91 Å². The molecular formula is C20H17F3N2O2S. The number of alkyl halides is 3. The molecule has 1 N–H and O–H groups in total. The van der Waals surface area contributed by atoms with Gasteiger partial charge in [0.2, 0.25) is 0 Å². The molecule has 0 atom stereocenters. The molecule has 0 saturated heterocycles. The number of carbonyl (C=O) groups excluding carboxylic acids is 1. The number of amides is 1. The first-order chi connectivity index (χ1) is 13.3. The summed E-state index contributed by atoms with van der Waals surface area (Å²) in [4.78, 5) is 17.2. The van der Waals surface area contributed by atoms with Crippen molar-refractivity contribution in [2.24, 2.45) is 0 Å². The largest absolute Gasteiger partial charge is 0.494 e. The first-order valence-corrected chi connectivity index (χ1v) is 9.32. The number of benzene rings is 2. The van der Waals surface area contributed by atoms with Gasteiger partial charge in [0.25, 0.3) is 5.91 Å². The number of rotatable bonds is 6. The van der Waals surface area contributed by atoms with Gasteiger partial charge in [-0.25, -0.2) is 4.98 Å². The quantitative estimate of drug-likeness (QED) is 0.596. The molecule has 0 bridgehead atoms. The molecule has 0 spiro atoms. The highest BCUT2D eigenvalue weighted by Crippen LogP contribution is 2.30. The van der Waals surface area contributed by atoms with Crippen molar-refractivity contribution in [3.63, 3.8) is 0 Å². The first-order valence-electron chi connectivity index (χ1n) is 8.50. The maximum Gasteiger partial charge on any atom is 0.416 e. The molecule has 0 fully saturated rings. The monoisotopic (exact) mass is 406 g/mol. The Labute approximate surface area is 164 Å². The lowest BCUT2D eigenvalue weighted by molar-refractivity contribution is -0.137. The van der Waals surface area contributed by atoms with Crippen LogP contribution in [0, 0.1) is 0 Å². The van der Waals surface area contributed by atoms with Crippen molar-refractivity contribution in [1.29, 1.82) is 0 Å². The van der Waals surface area contributed by atoms with Gasteiger partial charge in [-0.1, -0.05) is 18.2 Å². The molecule has 1 heterocycles. The molecule has 0 aliphatic carbocycles. The molecule has 8 heteroatoms. The lowest BCUT2D eigenvalue weighted by atomic mass is 10.1. The summed E-state index contributed by atoms with van der Waals surface area (Å²) in [6, 6.07) is 11.9. The normalized spacial score (nSPS) is 11.3. The van der Waals surface area contributed by atoms with E-state index in [1.54, 1.807) is 36.5 Å². The average molecular weight is 406 g/mol. The van der Waals surface area contributed by atoms with E-state index in [2.05, 4.69) is 10.3 Å². The molecule has 2 aromatic carbocycles. The third kappa shape index (κ3) is 5.10. The van der Waals surface area contributed by atoms with Crippen LogP contribution in [0.5, 0.6) is 5.75 Å². The predicted molar refractivity (Wildman–Crippen MR) is 102 cm³/mol. The topological polar surface area (TPSA) is 51.2 Å². The van der Waals surface area contributed by atoms with Gasteiger partial charge in [0, 0.05) is 23.1 Å². The third-order valence-corrected chi connectivity index (χ3v) is 4.75. The van der Waals surface area contributed by atoms with Crippen LogP contribution in [0.1, 0.15) is 33.3 Å². The van der Waals surface area contributed by atoms with Crippen LogP contribution in [0.2, 0.25) is 0 Å². The summed E-state index contributed by atoms with van der Waals surface area (Å²) in [7, 11) is 0. The first kappa shape index (κ1) is 19.9. The van der Waals surface area contributed by atoms with E-state index in [4.69, 9.17) is 4.74 Å². The standard InChI is InChI=1S/C20H17F3N2O2S/c1-2-27-16-8-6-14(7-9-16)18(26)25-19-24-12-17(28-19)11-13-4-3-5-15(10-13)20(21,22)23/h3-10,12H,2,11H2,1H3,(H,24,25,26). The fourth-order valence-corrected chi connectivity index (χ4v) is 3.39. The molecule has 1 aromatic heterocycles. The van der Waals surface area contributed by atoms with Crippen LogP contribution in [0.15, 0.2) is 54.7 Å². The number of ether oxygens (including phenoxy) is 1. The Morgan fingerprint density at radius 2 is 1.93 bits per heavy atom. The van der Waals surface area contributed by atoms with E-state index in [1.165, 1.54) is 17.4 Å². The zero-order valence-electron chi connectivity index (χ0n) is 14.9. The van der Waals surface area contributed by atoms with Crippen molar-refractivity contribution in [2.45, 2.75) is 19.5 Å². The van der Waals surface area contributed by atoms with Crippen LogP contribution in [-0.4, -0.2) is 17.5 Å². The summed E-state index contributed by atoms with van der Waals surface area (Å²) in [6.07, 6.45) is -2.51. The van der Waals surface area contributed by atoms with Crippen molar-refractivity contribution >= 4 is 22.4 Å². The second-order valence-corrected chi connectivity index (χ2v) is 7.03. The van der Waals surface area contributed by atoms with Crippen molar-refractivity contribution in [2.75, 3.05) is 11.9 Å². The van der Waals surface area contributed by atoms with Crippen molar-refractivity contribution in [3.05, 3.63) is 76.3 Å². The Kier molecular flexibility index (Phi) is 5.99. The van der Waals surface area contributed by atoms with Gasteiger partial charge < -0.3 is 4.74 Å². The second kappa shape index (κ2) is 8.43. The minimum absolute atomic E-state index is 0.306. The minimum atomic E-state index is -4.37. The molecule has 4 nitrogen and oxygen atoms in total. The lowest BCUT2D eigenvalue weighted by Crippen LogP contribution is -2.11. The van der Waals surface area contributed by atoms with Gasteiger partial charge in [0.05, 0.1) is 12.2 Å². The zero-order chi connectivity index (χ0) is 20.1. The van der Waals surface area contributed by atoms with Crippen LogP contribution in [0.3, 0.4) is 0 Å². The number of anilines is 1. The molecule has 28 heavy (non-hydrogen) atoms. The maximum atomic E-state index is 12.8. The number of aromatic nitrogens is 1. The highest BCUT2D eigenvalue weighted by Gasteiger charge is 2.30. The number of hydrogen-bond donors (Lipinski definition) is 1. The number of carbonyl (C=O) groups is 1.